The van der Waals surface area contributed by atoms with Gasteiger partial charge in [-0.15, -0.1) is 0 Å². The van der Waals surface area contributed by atoms with Gasteiger partial charge in [-0.1, -0.05) is 6.07 Å². The van der Waals surface area contributed by atoms with Crippen molar-refractivity contribution in [1.29, 1.82) is 0 Å². The SMILES string of the molecule is Cc1ccc(C(C)S(C)(=O)=NC(=O)C(F)F)cn1. The number of pyridine rings is 1. The van der Waals surface area contributed by atoms with Crippen LogP contribution in [-0.2, 0) is 14.5 Å². The number of hydrogen-bond acceptors (Lipinski definition) is 3. The monoisotopic (exact) mass is 276 g/mol. The lowest BCUT2D eigenvalue weighted by Gasteiger charge is -2.13. The van der Waals surface area contributed by atoms with Crippen molar-refractivity contribution in [1.82, 2.24) is 4.98 Å². The van der Waals surface area contributed by atoms with Crippen LogP contribution in [0.5, 0.6) is 0 Å². The zero-order valence-corrected chi connectivity index (χ0v) is 11.1. The molecule has 4 nitrogen and oxygen atoms in total. The number of carbonyl (C=O) groups excluding carboxylic acids is 1. The lowest BCUT2D eigenvalue weighted by molar-refractivity contribution is -0.127. The molecule has 100 valence electrons. The highest BCUT2D eigenvalue weighted by Crippen LogP contribution is 2.22. The third-order valence-electron chi connectivity index (χ3n) is 2.52. The first-order valence-corrected chi connectivity index (χ1v) is 7.18. The molecular weight excluding hydrogens is 262 g/mol. The van der Waals surface area contributed by atoms with Crippen molar-refractivity contribution < 1.29 is 17.8 Å². The summed E-state index contributed by atoms with van der Waals surface area (Å²) < 4.78 is 39.4. The van der Waals surface area contributed by atoms with Crippen molar-refractivity contribution in [3.63, 3.8) is 0 Å². The summed E-state index contributed by atoms with van der Waals surface area (Å²) in [5.74, 6) is -1.64. The smallest absolute Gasteiger partial charge is 0.265 e. The van der Waals surface area contributed by atoms with Crippen molar-refractivity contribution in [2.24, 2.45) is 4.36 Å². The van der Waals surface area contributed by atoms with Gasteiger partial charge in [0, 0.05) is 18.1 Å². The lowest BCUT2D eigenvalue weighted by Crippen LogP contribution is -2.14. The van der Waals surface area contributed by atoms with E-state index in [0.717, 1.165) is 5.69 Å². The molecule has 1 rings (SSSR count). The quantitative estimate of drug-likeness (QED) is 0.851. The summed E-state index contributed by atoms with van der Waals surface area (Å²) in [4.78, 5) is 14.9. The Hall–Kier alpha value is -1.37. The van der Waals surface area contributed by atoms with Gasteiger partial charge in [0.15, 0.2) is 0 Å². The maximum absolute atomic E-state index is 12.1. The molecule has 0 saturated carbocycles. The topological polar surface area (TPSA) is 59.4 Å². The molecule has 0 spiro atoms. The first kappa shape index (κ1) is 14.7. The third-order valence-corrected chi connectivity index (χ3v) is 4.64. The Labute approximate surface area is 105 Å². The highest BCUT2D eigenvalue weighted by atomic mass is 32.2. The highest BCUT2D eigenvalue weighted by Gasteiger charge is 2.21. The normalized spacial score (nSPS) is 16.1. The predicted octanol–water partition coefficient (Wildman–Crippen LogP) is 2.34. The van der Waals surface area contributed by atoms with E-state index in [4.69, 9.17) is 0 Å². The van der Waals surface area contributed by atoms with Crippen molar-refractivity contribution >= 4 is 15.6 Å². The molecule has 7 heteroatoms. The number of halogens is 2. The van der Waals surface area contributed by atoms with E-state index in [2.05, 4.69) is 9.35 Å². The van der Waals surface area contributed by atoms with Crippen LogP contribution in [-0.4, -0.2) is 27.8 Å². The molecule has 1 heterocycles. The van der Waals surface area contributed by atoms with Gasteiger partial charge < -0.3 is 0 Å². The average molecular weight is 276 g/mol. The molecule has 18 heavy (non-hydrogen) atoms. The summed E-state index contributed by atoms with van der Waals surface area (Å²) in [6.45, 7) is 3.36. The molecular formula is C11H14F2N2O2S. The molecule has 0 aliphatic heterocycles. The summed E-state index contributed by atoms with van der Waals surface area (Å²) in [7, 11) is -3.06. The van der Waals surface area contributed by atoms with Crippen molar-refractivity contribution in [3.8, 4) is 0 Å². The Morgan fingerprint density at radius 2 is 2.06 bits per heavy atom. The van der Waals surface area contributed by atoms with E-state index < -0.39 is 27.3 Å². The summed E-state index contributed by atoms with van der Waals surface area (Å²) in [5, 5.41) is -0.645. The summed E-state index contributed by atoms with van der Waals surface area (Å²) in [6.07, 6.45) is -0.530. The predicted molar refractivity (Wildman–Crippen MR) is 64.9 cm³/mol. The third kappa shape index (κ3) is 3.56. The van der Waals surface area contributed by atoms with Gasteiger partial charge in [-0.05, 0) is 25.5 Å². The highest BCUT2D eigenvalue weighted by molar-refractivity contribution is 7.93. The zero-order valence-electron chi connectivity index (χ0n) is 10.3. The van der Waals surface area contributed by atoms with Crippen molar-refractivity contribution in [3.05, 3.63) is 29.6 Å². The number of nitrogens with zero attached hydrogens (tertiary/aromatic N) is 2. The Bertz CT molecular complexity index is 549. The van der Waals surface area contributed by atoms with Crippen LogP contribution in [0.2, 0.25) is 0 Å². The fraction of sp³-hybridized carbons (Fsp3) is 0.455. The van der Waals surface area contributed by atoms with Gasteiger partial charge in [0.05, 0.1) is 15.0 Å². The first-order valence-electron chi connectivity index (χ1n) is 5.19. The Kier molecular flexibility index (Phi) is 4.50. The van der Waals surface area contributed by atoms with E-state index in [-0.39, 0.29) is 0 Å². The molecule has 1 amide bonds. The fourth-order valence-corrected chi connectivity index (χ4v) is 2.51. The number of rotatable bonds is 3. The molecule has 0 radical (unpaired) electrons. The second-order valence-corrected chi connectivity index (χ2v) is 6.58. The minimum absolute atomic E-state index is 0.596. The van der Waals surface area contributed by atoms with Crippen LogP contribution in [0, 0.1) is 6.92 Å². The van der Waals surface area contributed by atoms with Crippen LogP contribution in [0.25, 0.3) is 0 Å². The van der Waals surface area contributed by atoms with Crippen LogP contribution in [0.3, 0.4) is 0 Å². The van der Waals surface area contributed by atoms with Crippen molar-refractivity contribution in [2.75, 3.05) is 6.26 Å². The second-order valence-electron chi connectivity index (χ2n) is 3.97. The van der Waals surface area contributed by atoms with E-state index in [1.165, 1.54) is 12.5 Å². The number of amides is 1. The molecule has 0 aliphatic rings. The Balaban J connectivity index is 3.09. The number of carbonyl (C=O) groups is 1. The first-order chi connectivity index (χ1) is 8.24. The molecule has 0 bridgehead atoms. The van der Waals surface area contributed by atoms with Gasteiger partial charge in [-0.2, -0.15) is 13.1 Å². The Morgan fingerprint density at radius 1 is 1.44 bits per heavy atom. The van der Waals surface area contributed by atoms with Crippen LogP contribution in [0.15, 0.2) is 22.7 Å². The fourth-order valence-electron chi connectivity index (χ4n) is 1.27. The lowest BCUT2D eigenvalue weighted by atomic mass is 10.2. The Morgan fingerprint density at radius 3 is 2.50 bits per heavy atom. The summed E-state index contributed by atoms with van der Waals surface area (Å²) in [5.41, 5.74) is 1.38. The maximum Gasteiger partial charge on any atom is 0.320 e. The summed E-state index contributed by atoms with van der Waals surface area (Å²) >= 11 is 0. The van der Waals surface area contributed by atoms with E-state index in [9.17, 15) is 17.8 Å². The van der Waals surface area contributed by atoms with Crippen LogP contribution in [0.4, 0.5) is 8.78 Å². The second kappa shape index (κ2) is 5.51. The number of aromatic nitrogens is 1. The molecule has 0 aromatic carbocycles. The molecule has 0 aliphatic carbocycles. The standard InChI is InChI=1S/C11H14F2N2O2S/c1-7-4-5-9(6-14-7)8(2)18(3,17)15-11(16)10(12)13/h4-6,8,10H,1-3H3. The van der Waals surface area contributed by atoms with Crippen LogP contribution in [0.1, 0.15) is 23.4 Å². The molecule has 0 N–H and O–H groups in total. The molecule has 0 fully saturated rings. The van der Waals surface area contributed by atoms with Crippen LogP contribution < -0.4 is 0 Å². The molecule has 1 aromatic rings. The van der Waals surface area contributed by atoms with E-state index >= 15 is 0 Å². The van der Waals surface area contributed by atoms with Gasteiger partial charge in [-0.3, -0.25) is 9.78 Å². The minimum Gasteiger partial charge on any atom is -0.265 e. The van der Waals surface area contributed by atoms with Gasteiger partial charge in [0.2, 0.25) is 0 Å². The maximum atomic E-state index is 12.1. The largest absolute Gasteiger partial charge is 0.320 e. The molecule has 2 unspecified atom stereocenters. The number of alkyl halides is 2. The molecule has 1 aromatic heterocycles. The van der Waals surface area contributed by atoms with Gasteiger partial charge in [0.1, 0.15) is 0 Å². The molecule has 0 saturated heterocycles. The van der Waals surface area contributed by atoms with Crippen molar-refractivity contribution in [2.45, 2.75) is 25.5 Å². The van der Waals surface area contributed by atoms with Gasteiger partial charge in [-0.25, -0.2) is 4.21 Å². The number of hydrogen-bond donors (Lipinski definition) is 0. The van der Waals surface area contributed by atoms with Gasteiger partial charge in [0.25, 0.3) is 0 Å². The summed E-state index contributed by atoms with van der Waals surface area (Å²) in [6, 6.07) is 3.41. The minimum atomic E-state index is -3.23. The zero-order chi connectivity index (χ0) is 13.9. The van der Waals surface area contributed by atoms with E-state index in [0.29, 0.717) is 5.56 Å². The van der Waals surface area contributed by atoms with Crippen LogP contribution >= 0.6 is 0 Å². The average Bonchev–Trinajstić information content (AvgIpc) is 2.28. The number of aryl methyl sites for hydroxylation is 1. The van der Waals surface area contributed by atoms with Gasteiger partial charge >= 0.3 is 12.3 Å². The van der Waals surface area contributed by atoms with E-state index in [1.807, 2.05) is 0 Å². The van der Waals surface area contributed by atoms with E-state index in [1.54, 1.807) is 26.0 Å². The molecule has 2 atom stereocenters.